The van der Waals surface area contributed by atoms with Gasteiger partial charge in [0.25, 0.3) is 0 Å². The number of nitrogens with one attached hydrogen (secondary N) is 1. The molecule has 0 aliphatic carbocycles. The minimum Gasteiger partial charge on any atom is -0.494 e. The van der Waals surface area contributed by atoms with Crippen molar-refractivity contribution in [3.63, 3.8) is 0 Å². The summed E-state index contributed by atoms with van der Waals surface area (Å²) in [5.74, 6) is 0.591. The number of hydrogen-bond acceptors (Lipinski definition) is 2. The molecule has 0 fully saturated rings. The summed E-state index contributed by atoms with van der Waals surface area (Å²) in [6.07, 6.45) is 2.51. The molecule has 128 valence electrons. The van der Waals surface area contributed by atoms with Gasteiger partial charge in [-0.05, 0) is 55.5 Å². The third-order valence-electron chi connectivity index (χ3n) is 3.78. The Morgan fingerprint density at radius 2 is 1.83 bits per heavy atom. The van der Waals surface area contributed by atoms with E-state index in [4.69, 9.17) is 4.74 Å². The Kier molecular flexibility index (Phi) is 7.27. The van der Waals surface area contributed by atoms with Gasteiger partial charge < -0.3 is 10.1 Å². The van der Waals surface area contributed by atoms with Crippen LogP contribution in [0.5, 0.6) is 5.75 Å². The SMILES string of the molecule is CCOc1ccc(CCCNC(=O)CCc2ccccc2F)cc1. The highest BCUT2D eigenvalue weighted by molar-refractivity contribution is 5.76. The Morgan fingerprint density at radius 3 is 2.54 bits per heavy atom. The third kappa shape index (κ3) is 6.03. The van der Waals surface area contributed by atoms with Crippen molar-refractivity contribution in [3.05, 3.63) is 65.5 Å². The number of rotatable bonds is 9. The third-order valence-corrected chi connectivity index (χ3v) is 3.78. The average Bonchev–Trinajstić information content (AvgIpc) is 2.60. The van der Waals surface area contributed by atoms with Gasteiger partial charge in [-0.15, -0.1) is 0 Å². The van der Waals surface area contributed by atoms with Crippen molar-refractivity contribution in [2.75, 3.05) is 13.2 Å². The molecule has 4 heteroatoms. The highest BCUT2D eigenvalue weighted by atomic mass is 19.1. The molecule has 0 spiro atoms. The molecule has 0 radical (unpaired) electrons. The van der Waals surface area contributed by atoms with Crippen molar-refractivity contribution in [2.24, 2.45) is 0 Å². The van der Waals surface area contributed by atoms with E-state index >= 15 is 0 Å². The molecule has 0 atom stereocenters. The number of ether oxygens (including phenoxy) is 1. The van der Waals surface area contributed by atoms with Crippen molar-refractivity contribution in [1.29, 1.82) is 0 Å². The second-order valence-corrected chi connectivity index (χ2v) is 5.62. The van der Waals surface area contributed by atoms with E-state index in [1.807, 2.05) is 31.2 Å². The lowest BCUT2D eigenvalue weighted by Gasteiger charge is -2.07. The van der Waals surface area contributed by atoms with E-state index in [1.54, 1.807) is 18.2 Å². The normalized spacial score (nSPS) is 10.4. The van der Waals surface area contributed by atoms with Crippen LogP contribution in [0.1, 0.15) is 30.9 Å². The maximum Gasteiger partial charge on any atom is 0.220 e. The number of aryl methyl sites for hydroxylation is 2. The summed E-state index contributed by atoms with van der Waals surface area (Å²) in [4.78, 5) is 11.8. The first-order valence-corrected chi connectivity index (χ1v) is 8.41. The van der Waals surface area contributed by atoms with Crippen LogP contribution < -0.4 is 10.1 Å². The second kappa shape index (κ2) is 9.71. The van der Waals surface area contributed by atoms with Gasteiger partial charge in [-0.3, -0.25) is 4.79 Å². The zero-order valence-corrected chi connectivity index (χ0v) is 14.1. The zero-order chi connectivity index (χ0) is 17.2. The molecule has 0 bridgehead atoms. The Labute approximate surface area is 142 Å². The summed E-state index contributed by atoms with van der Waals surface area (Å²) in [5, 5.41) is 2.89. The number of carbonyl (C=O) groups is 1. The predicted molar refractivity (Wildman–Crippen MR) is 93.7 cm³/mol. The summed E-state index contributed by atoms with van der Waals surface area (Å²) in [6, 6.07) is 14.6. The number of halogens is 1. The predicted octanol–water partition coefficient (Wildman–Crippen LogP) is 3.91. The molecule has 0 aliphatic rings. The molecular weight excluding hydrogens is 305 g/mol. The van der Waals surface area contributed by atoms with E-state index < -0.39 is 0 Å². The Morgan fingerprint density at radius 1 is 1.08 bits per heavy atom. The highest BCUT2D eigenvalue weighted by Gasteiger charge is 2.05. The number of hydrogen-bond donors (Lipinski definition) is 1. The molecule has 2 rings (SSSR count). The minimum atomic E-state index is -0.249. The molecule has 2 aromatic rings. The van der Waals surface area contributed by atoms with Crippen molar-refractivity contribution in [3.8, 4) is 5.75 Å². The quantitative estimate of drug-likeness (QED) is 0.709. The zero-order valence-electron chi connectivity index (χ0n) is 14.1. The molecule has 0 saturated carbocycles. The standard InChI is InChI=1S/C20H24FNO2/c1-2-24-18-12-9-16(10-13-18)6-5-15-22-20(23)14-11-17-7-3-4-8-19(17)21/h3-4,7-10,12-13H,2,5-6,11,14-15H2,1H3,(H,22,23). The van der Waals surface area contributed by atoms with Crippen molar-refractivity contribution in [1.82, 2.24) is 5.32 Å². The number of amides is 1. The van der Waals surface area contributed by atoms with E-state index in [1.165, 1.54) is 11.6 Å². The van der Waals surface area contributed by atoms with Gasteiger partial charge in [0.05, 0.1) is 6.61 Å². The van der Waals surface area contributed by atoms with Crippen LogP contribution in [-0.2, 0) is 17.6 Å². The van der Waals surface area contributed by atoms with E-state index in [2.05, 4.69) is 5.32 Å². The minimum absolute atomic E-state index is 0.0371. The van der Waals surface area contributed by atoms with Gasteiger partial charge in [0, 0.05) is 13.0 Å². The first kappa shape index (κ1) is 18.0. The fraction of sp³-hybridized carbons (Fsp3) is 0.350. The maximum absolute atomic E-state index is 13.5. The van der Waals surface area contributed by atoms with Crippen LogP contribution in [-0.4, -0.2) is 19.1 Å². The molecule has 1 amide bonds. The topological polar surface area (TPSA) is 38.3 Å². The molecule has 0 aromatic heterocycles. The highest BCUT2D eigenvalue weighted by Crippen LogP contribution is 2.13. The molecule has 3 nitrogen and oxygen atoms in total. The van der Waals surface area contributed by atoms with Crippen LogP contribution in [0.25, 0.3) is 0 Å². The van der Waals surface area contributed by atoms with Crippen LogP contribution in [0.3, 0.4) is 0 Å². The Balaban J connectivity index is 1.63. The summed E-state index contributed by atoms with van der Waals surface area (Å²) in [6.45, 7) is 3.25. The van der Waals surface area contributed by atoms with Crippen LogP contribution in [0.15, 0.2) is 48.5 Å². The van der Waals surface area contributed by atoms with Gasteiger partial charge in [-0.25, -0.2) is 4.39 Å². The number of carbonyl (C=O) groups excluding carboxylic acids is 1. The fourth-order valence-corrected chi connectivity index (χ4v) is 2.48. The van der Waals surface area contributed by atoms with Crippen molar-refractivity contribution >= 4 is 5.91 Å². The van der Waals surface area contributed by atoms with Crippen LogP contribution in [0.4, 0.5) is 4.39 Å². The summed E-state index contributed by atoms with van der Waals surface area (Å²) < 4.78 is 18.9. The molecule has 24 heavy (non-hydrogen) atoms. The number of benzene rings is 2. The Hall–Kier alpha value is -2.36. The van der Waals surface area contributed by atoms with E-state index in [-0.39, 0.29) is 11.7 Å². The maximum atomic E-state index is 13.5. The summed E-state index contributed by atoms with van der Waals surface area (Å²) >= 11 is 0. The summed E-state index contributed by atoms with van der Waals surface area (Å²) in [7, 11) is 0. The first-order valence-electron chi connectivity index (χ1n) is 8.41. The average molecular weight is 329 g/mol. The van der Waals surface area contributed by atoms with Crippen molar-refractivity contribution < 1.29 is 13.9 Å². The molecule has 0 unspecified atom stereocenters. The van der Waals surface area contributed by atoms with Gasteiger partial charge >= 0.3 is 0 Å². The molecule has 0 heterocycles. The van der Waals surface area contributed by atoms with Gasteiger partial charge in [0.1, 0.15) is 11.6 Å². The van der Waals surface area contributed by atoms with Crippen molar-refractivity contribution in [2.45, 2.75) is 32.6 Å². The largest absolute Gasteiger partial charge is 0.494 e. The first-order chi connectivity index (χ1) is 11.7. The van der Waals surface area contributed by atoms with Crippen LogP contribution in [0.2, 0.25) is 0 Å². The lowest BCUT2D eigenvalue weighted by Crippen LogP contribution is -2.25. The van der Waals surface area contributed by atoms with Gasteiger partial charge in [0.2, 0.25) is 5.91 Å². The van der Waals surface area contributed by atoms with E-state index in [9.17, 15) is 9.18 Å². The molecule has 0 aliphatic heterocycles. The van der Waals surface area contributed by atoms with E-state index in [0.717, 1.165) is 18.6 Å². The lowest BCUT2D eigenvalue weighted by molar-refractivity contribution is -0.121. The van der Waals surface area contributed by atoms with Crippen LogP contribution in [0, 0.1) is 5.82 Å². The second-order valence-electron chi connectivity index (χ2n) is 5.62. The van der Waals surface area contributed by atoms with Crippen LogP contribution >= 0.6 is 0 Å². The van der Waals surface area contributed by atoms with E-state index in [0.29, 0.717) is 31.6 Å². The van der Waals surface area contributed by atoms with Gasteiger partial charge in [0.15, 0.2) is 0 Å². The molecule has 2 aromatic carbocycles. The monoisotopic (exact) mass is 329 g/mol. The van der Waals surface area contributed by atoms with Gasteiger partial charge in [-0.2, -0.15) is 0 Å². The summed E-state index contributed by atoms with van der Waals surface area (Å²) in [5.41, 5.74) is 1.81. The fourth-order valence-electron chi connectivity index (χ4n) is 2.48. The molecule has 1 N–H and O–H groups in total. The molecule has 0 saturated heterocycles. The lowest BCUT2D eigenvalue weighted by atomic mass is 10.1. The van der Waals surface area contributed by atoms with Gasteiger partial charge in [-0.1, -0.05) is 30.3 Å². The smallest absolute Gasteiger partial charge is 0.220 e. The molecular formula is C20H24FNO2. The Bertz CT molecular complexity index is 640.